The van der Waals surface area contributed by atoms with Gasteiger partial charge in [0.1, 0.15) is 0 Å². The van der Waals surface area contributed by atoms with Crippen molar-refractivity contribution >= 4 is 5.91 Å². The number of rotatable bonds is 4. The van der Waals surface area contributed by atoms with Gasteiger partial charge in [0.05, 0.1) is 5.41 Å². The number of carbonyl (C=O) groups is 1. The van der Waals surface area contributed by atoms with E-state index in [2.05, 4.69) is 43.3 Å². The summed E-state index contributed by atoms with van der Waals surface area (Å²) in [5.41, 5.74) is 3.31. The number of hydrogen-bond acceptors (Lipinski definition) is 1. The molecule has 1 amide bonds. The molecule has 0 saturated heterocycles. The molecular weight excluding hydrogens is 258 g/mol. The molecule has 0 radical (unpaired) electrons. The summed E-state index contributed by atoms with van der Waals surface area (Å²) < 4.78 is 0. The van der Waals surface area contributed by atoms with Gasteiger partial charge in [0.2, 0.25) is 5.91 Å². The quantitative estimate of drug-likeness (QED) is 0.836. The molecule has 1 fully saturated rings. The normalized spacial score (nSPS) is 15.5. The lowest BCUT2D eigenvalue weighted by molar-refractivity contribution is -0.133. The Hall–Kier alpha value is -2.09. The van der Waals surface area contributed by atoms with Gasteiger partial charge in [-0.15, -0.1) is 0 Å². The van der Waals surface area contributed by atoms with E-state index in [1.54, 1.807) is 0 Å². The van der Waals surface area contributed by atoms with Crippen molar-refractivity contribution in [2.45, 2.75) is 31.7 Å². The van der Waals surface area contributed by atoms with E-state index < -0.39 is 0 Å². The van der Waals surface area contributed by atoms with Crippen molar-refractivity contribution in [3.8, 4) is 0 Å². The first-order chi connectivity index (χ1) is 10.1. The lowest BCUT2D eigenvalue weighted by Crippen LogP contribution is -2.36. The van der Waals surface area contributed by atoms with E-state index in [0.717, 1.165) is 18.4 Å². The van der Waals surface area contributed by atoms with Gasteiger partial charge in [-0.05, 0) is 30.9 Å². The maximum atomic E-state index is 12.8. The first-order valence-corrected chi connectivity index (χ1v) is 7.48. The Morgan fingerprint density at radius 1 is 1.05 bits per heavy atom. The smallest absolute Gasteiger partial charge is 0.233 e. The number of benzene rings is 2. The van der Waals surface area contributed by atoms with Gasteiger partial charge >= 0.3 is 0 Å². The topological polar surface area (TPSA) is 20.3 Å². The highest BCUT2D eigenvalue weighted by molar-refractivity contribution is 5.91. The summed E-state index contributed by atoms with van der Waals surface area (Å²) in [4.78, 5) is 14.7. The van der Waals surface area contributed by atoms with Crippen LogP contribution in [0.5, 0.6) is 0 Å². The third-order valence-electron chi connectivity index (χ3n) is 4.37. The maximum Gasteiger partial charge on any atom is 0.233 e. The largest absolute Gasteiger partial charge is 0.341 e. The third kappa shape index (κ3) is 2.71. The molecule has 2 aromatic rings. The molecule has 108 valence electrons. The van der Waals surface area contributed by atoms with Crippen LogP contribution in [-0.2, 0) is 16.8 Å². The summed E-state index contributed by atoms with van der Waals surface area (Å²) in [6.45, 7) is 2.75. The van der Waals surface area contributed by atoms with Crippen molar-refractivity contribution in [1.29, 1.82) is 0 Å². The predicted octanol–water partition coefficient (Wildman–Crippen LogP) is 3.69. The van der Waals surface area contributed by atoms with Crippen molar-refractivity contribution in [1.82, 2.24) is 4.90 Å². The second-order valence-electron chi connectivity index (χ2n) is 6.09. The van der Waals surface area contributed by atoms with Crippen molar-refractivity contribution in [2.24, 2.45) is 0 Å². The number of hydrogen-bond donors (Lipinski definition) is 0. The van der Waals surface area contributed by atoms with E-state index in [1.807, 2.05) is 30.1 Å². The van der Waals surface area contributed by atoms with Crippen molar-refractivity contribution in [3.63, 3.8) is 0 Å². The minimum Gasteiger partial charge on any atom is -0.341 e. The van der Waals surface area contributed by atoms with E-state index in [9.17, 15) is 4.79 Å². The van der Waals surface area contributed by atoms with Gasteiger partial charge in [-0.3, -0.25) is 4.79 Å². The van der Waals surface area contributed by atoms with E-state index in [-0.39, 0.29) is 11.3 Å². The predicted molar refractivity (Wildman–Crippen MR) is 85.0 cm³/mol. The van der Waals surface area contributed by atoms with E-state index >= 15 is 0 Å². The van der Waals surface area contributed by atoms with Gasteiger partial charge < -0.3 is 4.90 Å². The summed E-state index contributed by atoms with van der Waals surface area (Å²) >= 11 is 0. The highest BCUT2D eigenvalue weighted by atomic mass is 16.2. The van der Waals surface area contributed by atoms with Crippen LogP contribution in [0.3, 0.4) is 0 Å². The van der Waals surface area contributed by atoms with E-state index in [4.69, 9.17) is 0 Å². The Labute approximate surface area is 126 Å². The number of amides is 1. The fourth-order valence-corrected chi connectivity index (χ4v) is 2.92. The fourth-order valence-electron chi connectivity index (χ4n) is 2.92. The average molecular weight is 279 g/mol. The molecule has 0 atom stereocenters. The average Bonchev–Trinajstić information content (AvgIpc) is 3.30. The summed E-state index contributed by atoms with van der Waals surface area (Å²) in [6, 6.07) is 18.6. The Bertz CT molecular complexity index is 626. The lowest BCUT2D eigenvalue weighted by Gasteiger charge is -2.24. The molecule has 0 aromatic heterocycles. The van der Waals surface area contributed by atoms with Crippen LogP contribution in [0.25, 0.3) is 0 Å². The standard InChI is InChI=1S/C19H21NO/c1-15-8-10-17(11-9-15)19(12-13-19)18(21)20(2)14-16-6-4-3-5-7-16/h3-11H,12-14H2,1-2H3. The SMILES string of the molecule is Cc1ccc(C2(C(=O)N(C)Cc3ccccc3)CC2)cc1. The number of aryl methyl sites for hydroxylation is 1. The summed E-state index contributed by atoms with van der Waals surface area (Å²) in [5, 5.41) is 0. The zero-order valence-corrected chi connectivity index (χ0v) is 12.7. The van der Waals surface area contributed by atoms with Crippen LogP contribution < -0.4 is 0 Å². The molecule has 21 heavy (non-hydrogen) atoms. The second kappa shape index (κ2) is 5.36. The molecular formula is C19H21NO. The zero-order chi connectivity index (χ0) is 14.9. The highest BCUT2D eigenvalue weighted by Gasteiger charge is 2.52. The van der Waals surface area contributed by atoms with Gasteiger partial charge in [0.15, 0.2) is 0 Å². The van der Waals surface area contributed by atoms with Crippen molar-refractivity contribution in [3.05, 3.63) is 71.3 Å². The van der Waals surface area contributed by atoms with Gasteiger partial charge in [0, 0.05) is 13.6 Å². The first kappa shape index (κ1) is 13.9. The van der Waals surface area contributed by atoms with Crippen molar-refractivity contribution in [2.75, 3.05) is 7.05 Å². The summed E-state index contributed by atoms with van der Waals surface area (Å²) in [5.74, 6) is 0.246. The molecule has 0 aliphatic heterocycles. The Balaban J connectivity index is 1.76. The van der Waals surface area contributed by atoms with Crippen LogP contribution >= 0.6 is 0 Å². The first-order valence-electron chi connectivity index (χ1n) is 7.48. The molecule has 0 N–H and O–H groups in total. The van der Waals surface area contributed by atoms with E-state index in [0.29, 0.717) is 6.54 Å². The molecule has 0 spiro atoms. The van der Waals surface area contributed by atoms with Gasteiger partial charge in [0.25, 0.3) is 0 Å². The third-order valence-corrected chi connectivity index (χ3v) is 4.37. The van der Waals surface area contributed by atoms with Gasteiger partial charge in [-0.25, -0.2) is 0 Å². The van der Waals surface area contributed by atoms with Crippen LogP contribution in [0.4, 0.5) is 0 Å². The van der Waals surface area contributed by atoms with Gasteiger partial charge in [-0.1, -0.05) is 60.2 Å². The molecule has 2 heteroatoms. The van der Waals surface area contributed by atoms with Crippen LogP contribution in [0.1, 0.15) is 29.5 Å². The number of carbonyl (C=O) groups excluding carboxylic acids is 1. The van der Waals surface area contributed by atoms with Gasteiger partial charge in [-0.2, -0.15) is 0 Å². The molecule has 1 aliphatic carbocycles. The maximum absolute atomic E-state index is 12.8. The Kier molecular flexibility index (Phi) is 3.54. The monoisotopic (exact) mass is 279 g/mol. The molecule has 0 unspecified atom stereocenters. The highest BCUT2D eigenvalue weighted by Crippen LogP contribution is 2.49. The summed E-state index contributed by atoms with van der Waals surface area (Å²) in [6.07, 6.45) is 1.93. The van der Waals surface area contributed by atoms with Crippen LogP contribution in [0.15, 0.2) is 54.6 Å². The molecule has 2 nitrogen and oxygen atoms in total. The molecule has 1 aliphatic rings. The second-order valence-corrected chi connectivity index (χ2v) is 6.09. The summed E-state index contributed by atoms with van der Waals surface area (Å²) in [7, 11) is 1.91. The van der Waals surface area contributed by atoms with E-state index in [1.165, 1.54) is 11.1 Å². The Morgan fingerprint density at radius 2 is 1.67 bits per heavy atom. The molecule has 2 aromatic carbocycles. The van der Waals surface area contributed by atoms with Crippen molar-refractivity contribution < 1.29 is 4.79 Å². The molecule has 3 rings (SSSR count). The van der Waals surface area contributed by atoms with Crippen LogP contribution in [0.2, 0.25) is 0 Å². The number of nitrogens with zero attached hydrogens (tertiary/aromatic N) is 1. The molecule has 0 heterocycles. The lowest BCUT2D eigenvalue weighted by atomic mass is 9.93. The van der Waals surface area contributed by atoms with Crippen LogP contribution in [-0.4, -0.2) is 17.9 Å². The molecule has 1 saturated carbocycles. The fraction of sp³-hybridized carbons (Fsp3) is 0.316. The molecule has 0 bridgehead atoms. The zero-order valence-electron chi connectivity index (χ0n) is 12.7. The minimum absolute atomic E-state index is 0.246. The Morgan fingerprint density at radius 3 is 2.24 bits per heavy atom. The van der Waals surface area contributed by atoms with Crippen LogP contribution in [0, 0.1) is 6.92 Å². The number of likely N-dealkylation sites (N-methyl/N-ethyl adjacent to an activating group) is 1. The minimum atomic E-state index is -0.267.